The molecule has 96 valence electrons. The standard InChI is InChI=1S/C14H18N2OS/c1-10(2)14(12-5-4-8-18-12)15-11-6-7-13(17)16(3)9-11/h4-10,14-15H,1-3H3. The van der Waals surface area contributed by atoms with E-state index in [1.165, 1.54) is 4.88 Å². The molecule has 1 unspecified atom stereocenters. The molecule has 0 bridgehead atoms. The molecule has 0 aliphatic heterocycles. The maximum Gasteiger partial charge on any atom is 0.250 e. The zero-order valence-corrected chi connectivity index (χ0v) is 11.7. The van der Waals surface area contributed by atoms with Crippen LogP contribution in [-0.4, -0.2) is 4.57 Å². The van der Waals surface area contributed by atoms with Crippen molar-refractivity contribution in [3.8, 4) is 0 Å². The third-order valence-corrected chi connectivity index (χ3v) is 3.88. The fourth-order valence-electron chi connectivity index (χ4n) is 1.89. The van der Waals surface area contributed by atoms with Gasteiger partial charge in [0.15, 0.2) is 0 Å². The Kier molecular flexibility index (Phi) is 3.87. The van der Waals surface area contributed by atoms with E-state index >= 15 is 0 Å². The number of thiophene rings is 1. The average Bonchev–Trinajstić information content (AvgIpc) is 2.83. The van der Waals surface area contributed by atoms with E-state index in [9.17, 15) is 4.79 Å². The SMILES string of the molecule is CC(C)C(Nc1ccc(=O)n(C)c1)c1cccs1. The molecule has 2 heterocycles. The van der Waals surface area contributed by atoms with Crippen LogP contribution in [0.4, 0.5) is 5.69 Å². The first-order chi connectivity index (χ1) is 8.58. The zero-order chi connectivity index (χ0) is 13.1. The molecule has 0 aliphatic rings. The van der Waals surface area contributed by atoms with Crippen molar-refractivity contribution in [3.63, 3.8) is 0 Å². The van der Waals surface area contributed by atoms with Gasteiger partial charge in [0.2, 0.25) is 5.56 Å². The summed E-state index contributed by atoms with van der Waals surface area (Å²) in [7, 11) is 1.77. The Bertz CT molecular complexity index is 557. The Morgan fingerprint density at radius 1 is 1.28 bits per heavy atom. The van der Waals surface area contributed by atoms with E-state index in [-0.39, 0.29) is 11.6 Å². The lowest BCUT2D eigenvalue weighted by molar-refractivity contribution is 0.553. The van der Waals surface area contributed by atoms with Gasteiger partial charge in [0.05, 0.1) is 11.7 Å². The number of nitrogens with zero attached hydrogens (tertiary/aromatic N) is 1. The van der Waals surface area contributed by atoms with E-state index in [4.69, 9.17) is 0 Å². The number of anilines is 1. The van der Waals surface area contributed by atoms with Crippen LogP contribution in [0.15, 0.2) is 40.6 Å². The highest BCUT2D eigenvalue weighted by atomic mass is 32.1. The minimum atomic E-state index is 0.0118. The van der Waals surface area contributed by atoms with Crippen LogP contribution >= 0.6 is 11.3 Å². The highest BCUT2D eigenvalue weighted by Crippen LogP contribution is 2.29. The van der Waals surface area contributed by atoms with Crippen LogP contribution in [0.2, 0.25) is 0 Å². The molecule has 0 fully saturated rings. The fraction of sp³-hybridized carbons (Fsp3) is 0.357. The quantitative estimate of drug-likeness (QED) is 0.917. The number of nitrogens with one attached hydrogen (secondary N) is 1. The van der Waals surface area contributed by atoms with Gasteiger partial charge in [-0.1, -0.05) is 19.9 Å². The summed E-state index contributed by atoms with van der Waals surface area (Å²) < 4.78 is 1.59. The molecule has 0 amide bonds. The van der Waals surface area contributed by atoms with Crippen molar-refractivity contribution >= 4 is 17.0 Å². The van der Waals surface area contributed by atoms with Crippen molar-refractivity contribution < 1.29 is 0 Å². The summed E-state index contributed by atoms with van der Waals surface area (Å²) in [5, 5.41) is 5.59. The number of pyridine rings is 1. The summed E-state index contributed by atoms with van der Waals surface area (Å²) in [6.45, 7) is 4.39. The second kappa shape index (κ2) is 5.40. The number of aromatic nitrogens is 1. The summed E-state index contributed by atoms with van der Waals surface area (Å²) in [4.78, 5) is 12.7. The monoisotopic (exact) mass is 262 g/mol. The topological polar surface area (TPSA) is 34.0 Å². The number of hydrogen-bond donors (Lipinski definition) is 1. The Morgan fingerprint density at radius 3 is 2.61 bits per heavy atom. The zero-order valence-electron chi connectivity index (χ0n) is 10.9. The first-order valence-electron chi connectivity index (χ1n) is 6.04. The second-order valence-electron chi connectivity index (χ2n) is 4.75. The van der Waals surface area contributed by atoms with Gasteiger partial charge in [0.25, 0.3) is 0 Å². The summed E-state index contributed by atoms with van der Waals surface area (Å²) in [5.74, 6) is 0.487. The predicted molar refractivity (Wildman–Crippen MR) is 77.2 cm³/mol. The van der Waals surface area contributed by atoms with Crippen molar-refractivity contribution in [2.24, 2.45) is 13.0 Å². The van der Waals surface area contributed by atoms with Gasteiger partial charge in [-0.05, 0) is 23.4 Å². The molecule has 1 atom stereocenters. The molecule has 18 heavy (non-hydrogen) atoms. The van der Waals surface area contributed by atoms with Crippen molar-refractivity contribution in [1.82, 2.24) is 4.57 Å². The van der Waals surface area contributed by atoms with E-state index in [0.717, 1.165) is 5.69 Å². The van der Waals surface area contributed by atoms with Crippen LogP contribution in [0, 0.1) is 5.92 Å². The normalized spacial score (nSPS) is 12.7. The largest absolute Gasteiger partial charge is 0.376 e. The summed E-state index contributed by atoms with van der Waals surface area (Å²) in [6, 6.07) is 7.92. The minimum absolute atomic E-state index is 0.0118. The van der Waals surface area contributed by atoms with Crippen LogP contribution in [0.25, 0.3) is 0 Å². The molecule has 3 nitrogen and oxygen atoms in total. The lowest BCUT2D eigenvalue weighted by atomic mass is 10.0. The molecule has 0 radical (unpaired) electrons. The Hall–Kier alpha value is -1.55. The first kappa shape index (κ1) is 12.9. The summed E-state index contributed by atoms with van der Waals surface area (Å²) >= 11 is 1.75. The molecule has 0 saturated heterocycles. The molecule has 0 aliphatic carbocycles. The molecule has 2 aromatic heterocycles. The number of hydrogen-bond acceptors (Lipinski definition) is 3. The van der Waals surface area contributed by atoms with Gasteiger partial charge in [0.1, 0.15) is 0 Å². The third kappa shape index (κ3) is 2.82. The highest BCUT2D eigenvalue weighted by Gasteiger charge is 2.16. The molecular formula is C14H18N2OS. The van der Waals surface area contributed by atoms with Gasteiger partial charge in [-0.2, -0.15) is 0 Å². The van der Waals surface area contributed by atoms with E-state index in [1.807, 2.05) is 12.3 Å². The summed E-state index contributed by atoms with van der Waals surface area (Å²) in [6.07, 6.45) is 1.84. The molecular weight excluding hydrogens is 244 g/mol. The molecule has 0 saturated carbocycles. The van der Waals surface area contributed by atoms with Gasteiger partial charge < -0.3 is 9.88 Å². The van der Waals surface area contributed by atoms with Crippen LogP contribution in [0.3, 0.4) is 0 Å². The van der Waals surface area contributed by atoms with Crippen molar-refractivity contribution in [1.29, 1.82) is 0 Å². The lowest BCUT2D eigenvalue weighted by Crippen LogP contribution is -2.19. The second-order valence-corrected chi connectivity index (χ2v) is 5.73. The average molecular weight is 262 g/mol. The maximum absolute atomic E-state index is 11.4. The van der Waals surface area contributed by atoms with E-state index in [0.29, 0.717) is 5.92 Å². The fourth-order valence-corrected chi connectivity index (χ4v) is 2.84. The summed E-state index contributed by atoms with van der Waals surface area (Å²) in [5.41, 5.74) is 0.988. The van der Waals surface area contributed by atoms with Crippen LogP contribution in [0.5, 0.6) is 0 Å². The van der Waals surface area contributed by atoms with Gasteiger partial charge in [-0.15, -0.1) is 11.3 Å². The predicted octanol–water partition coefficient (Wildman–Crippen LogP) is 3.26. The Balaban J connectivity index is 2.24. The molecule has 2 aromatic rings. The maximum atomic E-state index is 11.4. The highest BCUT2D eigenvalue weighted by molar-refractivity contribution is 7.10. The molecule has 2 rings (SSSR count). The van der Waals surface area contributed by atoms with Gasteiger partial charge >= 0.3 is 0 Å². The van der Waals surface area contributed by atoms with E-state index < -0.39 is 0 Å². The minimum Gasteiger partial charge on any atom is -0.376 e. The molecule has 1 N–H and O–H groups in total. The molecule has 0 spiro atoms. The first-order valence-corrected chi connectivity index (χ1v) is 6.92. The number of aryl methyl sites for hydroxylation is 1. The van der Waals surface area contributed by atoms with Crippen LogP contribution in [-0.2, 0) is 7.05 Å². The Labute approximate surface area is 111 Å². The van der Waals surface area contributed by atoms with E-state index in [1.54, 1.807) is 29.0 Å². The lowest BCUT2D eigenvalue weighted by Gasteiger charge is -2.22. The molecule has 0 aromatic carbocycles. The number of rotatable bonds is 4. The van der Waals surface area contributed by atoms with Crippen molar-refractivity contribution in [2.75, 3.05) is 5.32 Å². The van der Waals surface area contributed by atoms with Gasteiger partial charge in [0, 0.05) is 24.2 Å². The Morgan fingerprint density at radius 2 is 2.06 bits per heavy atom. The van der Waals surface area contributed by atoms with Crippen molar-refractivity contribution in [3.05, 3.63) is 51.1 Å². The molecule has 4 heteroatoms. The van der Waals surface area contributed by atoms with Crippen molar-refractivity contribution in [2.45, 2.75) is 19.9 Å². The third-order valence-electron chi connectivity index (χ3n) is 2.92. The van der Waals surface area contributed by atoms with Gasteiger partial charge in [-0.25, -0.2) is 0 Å². The van der Waals surface area contributed by atoms with Crippen LogP contribution in [0.1, 0.15) is 24.8 Å². The van der Waals surface area contributed by atoms with E-state index in [2.05, 4.69) is 36.7 Å². The van der Waals surface area contributed by atoms with Gasteiger partial charge in [-0.3, -0.25) is 4.79 Å². The smallest absolute Gasteiger partial charge is 0.250 e. The van der Waals surface area contributed by atoms with Crippen LogP contribution < -0.4 is 10.9 Å².